The number of carbonyl (C=O) groups is 1. The highest BCUT2D eigenvalue weighted by molar-refractivity contribution is 6.08. The molecular weight excluding hydrogens is 262 g/mol. The second kappa shape index (κ2) is 4.98. The molecule has 3 rings (SSSR count). The quantitative estimate of drug-likeness (QED) is 0.707. The minimum atomic E-state index is -0.0869. The van der Waals surface area contributed by atoms with Crippen LogP contribution in [-0.4, -0.2) is 17.9 Å². The second-order valence-electron chi connectivity index (χ2n) is 5.20. The van der Waals surface area contributed by atoms with Crippen LogP contribution in [0.5, 0.6) is 0 Å². The first-order valence-electron chi connectivity index (χ1n) is 6.78. The Morgan fingerprint density at radius 1 is 1.14 bits per heavy atom. The third-order valence-electron chi connectivity index (χ3n) is 3.61. The van der Waals surface area contributed by atoms with Gasteiger partial charge >= 0.3 is 0 Å². The van der Waals surface area contributed by atoms with E-state index in [1.54, 1.807) is 11.9 Å². The summed E-state index contributed by atoms with van der Waals surface area (Å²) < 4.78 is 0. The molecular formula is C17H17N3O. The van der Waals surface area contributed by atoms with Gasteiger partial charge in [-0.2, -0.15) is 0 Å². The van der Waals surface area contributed by atoms with Gasteiger partial charge in [0.25, 0.3) is 5.91 Å². The van der Waals surface area contributed by atoms with E-state index in [1.807, 2.05) is 55.5 Å². The molecule has 2 aromatic carbocycles. The Morgan fingerprint density at radius 3 is 2.62 bits per heavy atom. The Bertz CT molecular complexity index is 820. The Labute approximate surface area is 123 Å². The predicted molar refractivity (Wildman–Crippen MR) is 86.6 cm³/mol. The highest BCUT2D eigenvalue weighted by atomic mass is 16.2. The largest absolute Gasteiger partial charge is 0.397 e. The van der Waals surface area contributed by atoms with Crippen LogP contribution in [0.15, 0.2) is 48.5 Å². The number of nitrogens with zero attached hydrogens (tertiary/aromatic N) is 1. The number of aromatic amines is 1. The lowest BCUT2D eigenvalue weighted by atomic mass is 10.2. The maximum absolute atomic E-state index is 12.6. The summed E-state index contributed by atoms with van der Waals surface area (Å²) in [6.07, 6.45) is 0. The molecule has 0 aliphatic carbocycles. The van der Waals surface area contributed by atoms with Crippen LogP contribution in [-0.2, 0) is 0 Å². The third-order valence-corrected chi connectivity index (χ3v) is 3.61. The van der Waals surface area contributed by atoms with E-state index in [0.29, 0.717) is 11.4 Å². The zero-order valence-electron chi connectivity index (χ0n) is 12.1. The summed E-state index contributed by atoms with van der Waals surface area (Å²) in [5.74, 6) is -0.0869. The zero-order chi connectivity index (χ0) is 15.0. The molecule has 0 aliphatic rings. The lowest BCUT2D eigenvalue weighted by molar-refractivity contribution is 0.0989. The summed E-state index contributed by atoms with van der Waals surface area (Å²) in [6, 6.07) is 15.3. The van der Waals surface area contributed by atoms with Gasteiger partial charge in [0.2, 0.25) is 0 Å². The number of para-hydroxylation sites is 1. The molecule has 1 aromatic heterocycles. The van der Waals surface area contributed by atoms with Gasteiger partial charge in [0.15, 0.2) is 0 Å². The van der Waals surface area contributed by atoms with Crippen molar-refractivity contribution in [3.8, 4) is 0 Å². The van der Waals surface area contributed by atoms with Crippen LogP contribution in [0.3, 0.4) is 0 Å². The number of anilines is 2. The van der Waals surface area contributed by atoms with Crippen molar-refractivity contribution in [2.75, 3.05) is 17.7 Å². The Morgan fingerprint density at radius 2 is 1.90 bits per heavy atom. The number of hydrogen-bond donors (Lipinski definition) is 2. The van der Waals surface area contributed by atoms with E-state index in [-0.39, 0.29) is 5.91 Å². The topological polar surface area (TPSA) is 62.1 Å². The number of benzene rings is 2. The van der Waals surface area contributed by atoms with Crippen molar-refractivity contribution in [3.05, 3.63) is 59.8 Å². The number of H-pyrrole nitrogens is 1. The number of nitrogen functional groups attached to an aromatic ring is 1. The molecule has 0 saturated carbocycles. The highest BCUT2D eigenvalue weighted by Crippen LogP contribution is 2.23. The number of nitrogens with one attached hydrogen (secondary N) is 1. The van der Waals surface area contributed by atoms with Gasteiger partial charge in [-0.25, -0.2) is 0 Å². The van der Waals surface area contributed by atoms with Crippen LogP contribution >= 0.6 is 0 Å². The molecule has 0 radical (unpaired) electrons. The minimum Gasteiger partial charge on any atom is -0.397 e. The average Bonchev–Trinajstić information content (AvgIpc) is 2.91. The van der Waals surface area contributed by atoms with Crippen molar-refractivity contribution in [2.45, 2.75) is 6.92 Å². The zero-order valence-corrected chi connectivity index (χ0v) is 12.1. The lowest BCUT2D eigenvalue weighted by Gasteiger charge is -2.16. The molecule has 0 aliphatic heterocycles. The van der Waals surface area contributed by atoms with Crippen molar-refractivity contribution in [2.24, 2.45) is 0 Å². The summed E-state index contributed by atoms with van der Waals surface area (Å²) in [5.41, 5.74) is 9.89. The fourth-order valence-corrected chi connectivity index (χ4v) is 2.43. The van der Waals surface area contributed by atoms with Crippen LogP contribution in [0.25, 0.3) is 10.9 Å². The maximum Gasteiger partial charge on any atom is 0.274 e. The van der Waals surface area contributed by atoms with Crippen molar-refractivity contribution in [1.29, 1.82) is 0 Å². The molecule has 1 heterocycles. The van der Waals surface area contributed by atoms with Gasteiger partial charge in [0.1, 0.15) is 5.69 Å². The summed E-state index contributed by atoms with van der Waals surface area (Å²) in [4.78, 5) is 17.3. The van der Waals surface area contributed by atoms with E-state index in [2.05, 4.69) is 4.98 Å². The maximum atomic E-state index is 12.6. The number of aryl methyl sites for hydroxylation is 1. The number of aromatic nitrogens is 1. The average molecular weight is 279 g/mol. The van der Waals surface area contributed by atoms with Crippen molar-refractivity contribution in [1.82, 2.24) is 4.98 Å². The normalized spacial score (nSPS) is 10.8. The third kappa shape index (κ3) is 2.36. The number of hydrogen-bond acceptors (Lipinski definition) is 2. The van der Waals surface area contributed by atoms with E-state index in [0.717, 1.165) is 22.2 Å². The summed E-state index contributed by atoms with van der Waals surface area (Å²) >= 11 is 0. The van der Waals surface area contributed by atoms with Crippen LogP contribution in [0, 0.1) is 6.92 Å². The smallest absolute Gasteiger partial charge is 0.274 e. The van der Waals surface area contributed by atoms with Gasteiger partial charge in [0.05, 0.1) is 11.2 Å². The van der Waals surface area contributed by atoms with Gasteiger partial charge in [0, 0.05) is 18.1 Å². The van der Waals surface area contributed by atoms with Crippen LogP contribution in [0.1, 0.15) is 16.1 Å². The molecule has 0 fully saturated rings. The minimum absolute atomic E-state index is 0.0869. The molecule has 0 saturated heterocycles. The molecule has 106 valence electrons. The first-order chi connectivity index (χ1) is 10.1. The molecule has 1 amide bonds. The van der Waals surface area contributed by atoms with Crippen LogP contribution in [0.4, 0.5) is 11.4 Å². The molecule has 4 nitrogen and oxygen atoms in total. The summed E-state index contributed by atoms with van der Waals surface area (Å²) in [7, 11) is 1.77. The van der Waals surface area contributed by atoms with E-state index < -0.39 is 0 Å². The summed E-state index contributed by atoms with van der Waals surface area (Å²) in [6.45, 7) is 2.01. The predicted octanol–water partition coefficient (Wildman–Crippen LogP) is 3.34. The molecule has 21 heavy (non-hydrogen) atoms. The van der Waals surface area contributed by atoms with E-state index in [4.69, 9.17) is 5.73 Å². The first kappa shape index (κ1) is 13.2. The van der Waals surface area contributed by atoms with Crippen molar-refractivity contribution >= 4 is 28.2 Å². The number of nitrogens with two attached hydrogens (primary N) is 1. The SMILES string of the molecule is Cc1cccc(N(C)C(=O)c2cc3cccc(N)c3[nH]2)c1. The Kier molecular flexibility index (Phi) is 3.14. The lowest BCUT2D eigenvalue weighted by Crippen LogP contribution is -2.26. The molecule has 0 unspecified atom stereocenters. The Balaban J connectivity index is 1.98. The van der Waals surface area contributed by atoms with E-state index >= 15 is 0 Å². The van der Waals surface area contributed by atoms with Gasteiger partial charge in [-0.3, -0.25) is 4.79 Å². The van der Waals surface area contributed by atoms with Gasteiger partial charge in [-0.05, 0) is 36.8 Å². The molecule has 4 heteroatoms. The van der Waals surface area contributed by atoms with E-state index in [1.165, 1.54) is 0 Å². The molecule has 0 bridgehead atoms. The van der Waals surface area contributed by atoms with Crippen LogP contribution < -0.4 is 10.6 Å². The van der Waals surface area contributed by atoms with Crippen LogP contribution in [0.2, 0.25) is 0 Å². The molecule has 3 aromatic rings. The Hall–Kier alpha value is -2.75. The number of rotatable bonds is 2. The number of carbonyl (C=O) groups excluding carboxylic acids is 1. The van der Waals surface area contributed by atoms with Gasteiger partial charge in [-0.15, -0.1) is 0 Å². The highest BCUT2D eigenvalue weighted by Gasteiger charge is 2.16. The summed E-state index contributed by atoms with van der Waals surface area (Å²) in [5, 5.41) is 0.941. The standard InChI is InChI=1S/C17H17N3O/c1-11-5-3-7-13(9-11)20(2)17(21)15-10-12-6-4-8-14(18)16(12)19-15/h3-10,19H,18H2,1-2H3. The van der Waals surface area contributed by atoms with Gasteiger partial charge in [-0.1, -0.05) is 24.3 Å². The fraction of sp³-hybridized carbons (Fsp3) is 0.118. The van der Waals surface area contributed by atoms with E-state index in [9.17, 15) is 4.79 Å². The molecule has 0 atom stereocenters. The number of amides is 1. The first-order valence-corrected chi connectivity index (χ1v) is 6.78. The fourth-order valence-electron chi connectivity index (χ4n) is 2.43. The van der Waals surface area contributed by atoms with Crippen molar-refractivity contribution in [3.63, 3.8) is 0 Å². The molecule has 0 spiro atoms. The second-order valence-corrected chi connectivity index (χ2v) is 5.20. The number of fused-ring (bicyclic) bond motifs is 1. The van der Waals surface area contributed by atoms with Crippen molar-refractivity contribution < 1.29 is 4.79 Å². The van der Waals surface area contributed by atoms with Gasteiger partial charge < -0.3 is 15.6 Å². The monoisotopic (exact) mass is 279 g/mol. The molecule has 3 N–H and O–H groups in total.